The molecule has 0 spiro atoms. The number of rotatable bonds is 8. The third-order valence-electron chi connectivity index (χ3n) is 6.38. The molecule has 0 unspecified atom stereocenters. The van der Waals surface area contributed by atoms with Crippen LogP contribution < -0.4 is 10.6 Å². The molecule has 30 heavy (non-hydrogen) atoms. The Labute approximate surface area is 179 Å². The summed E-state index contributed by atoms with van der Waals surface area (Å²) in [7, 11) is 0. The molecular weight excluding hydrogens is 383 g/mol. The van der Waals surface area contributed by atoms with Crippen molar-refractivity contribution in [2.75, 3.05) is 45.8 Å². The van der Waals surface area contributed by atoms with Crippen molar-refractivity contribution in [1.82, 2.24) is 20.4 Å². The maximum atomic E-state index is 13.6. The van der Waals surface area contributed by atoms with Crippen molar-refractivity contribution in [3.05, 3.63) is 35.6 Å². The Hall–Kier alpha value is -1.99. The highest BCUT2D eigenvalue weighted by molar-refractivity contribution is 5.79. The number of likely N-dealkylation sites (tertiary alicyclic amines) is 2. The SMILES string of the molecule is CCN1CCC(NC(=O)CN2CCC(C(=O)NCCc3ccccc3F)CC2)CC1. The molecule has 0 radical (unpaired) electrons. The number of hydrogen-bond acceptors (Lipinski definition) is 4. The van der Waals surface area contributed by atoms with Crippen molar-refractivity contribution in [2.24, 2.45) is 5.92 Å². The molecule has 0 bridgehead atoms. The lowest BCUT2D eigenvalue weighted by Crippen LogP contribution is -2.49. The summed E-state index contributed by atoms with van der Waals surface area (Å²) >= 11 is 0. The van der Waals surface area contributed by atoms with Gasteiger partial charge < -0.3 is 15.5 Å². The van der Waals surface area contributed by atoms with Gasteiger partial charge in [0.05, 0.1) is 6.54 Å². The largest absolute Gasteiger partial charge is 0.356 e. The lowest BCUT2D eigenvalue weighted by atomic mass is 9.95. The molecule has 0 aliphatic carbocycles. The smallest absolute Gasteiger partial charge is 0.234 e. The van der Waals surface area contributed by atoms with E-state index in [0.29, 0.717) is 25.1 Å². The summed E-state index contributed by atoms with van der Waals surface area (Å²) in [6.07, 6.45) is 4.05. The van der Waals surface area contributed by atoms with Gasteiger partial charge in [-0.15, -0.1) is 0 Å². The van der Waals surface area contributed by atoms with Crippen LogP contribution in [0.3, 0.4) is 0 Å². The number of hydrogen-bond donors (Lipinski definition) is 2. The predicted molar refractivity (Wildman–Crippen MR) is 116 cm³/mol. The molecule has 0 saturated carbocycles. The summed E-state index contributed by atoms with van der Waals surface area (Å²) < 4.78 is 13.6. The van der Waals surface area contributed by atoms with E-state index in [-0.39, 0.29) is 29.6 Å². The Morgan fingerprint density at radius 3 is 2.37 bits per heavy atom. The van der Waals surface area contributed by atoms with Gasteiger partial charge in [0.2, 0.25) is 11.8 Å². The lowest BCUT2D eigenvalue weighted by molar-refractivity contribution is -0.127. The van der Waals surface area contributed by atoms with Gasteiger partial charge in [0.15, 0.2) is 0 Å². The second kappa shape index (κ2) is 11.4. The summed E-state index contributed by atoms with van der Waals surface area (Å²) in [5, 5.41) is 6.11. The Balaban J connectivity index is 1.31. The van der Waals surface area contributed by atoms with E-state index < -0.39 is 0 Å². The Morgan fingerprint density at radius 1 is 1.03 bits per heavy atom. The van der Waals surface area contributed by atoms with Crippen LogP contribution >= 0.6 is 0 Å². The number of amides is 2. The number of carbonyl (C=O) groups is 2. The molecule has 2 heterocycles. The topological polar surface area (TPSA) is 64.7 Å². The van der Waals surface area contributed by atoms with Crippen molar-refractivity contribution in [3.8, 4) is 0 Å². The van der Waals surface area contributed by atoms with Gasteiger partial charge >= 0.3 is 0 Å². The zero-order valence-electron chi connectivity index (χ0n) is 18.0. The number of nitrogens with zero attached hydrogens (tertiary/aromatic N) is 2. The van der Waals surface area contributed by atoms with Crippen LogP contribution in [0.4, 0.5) is 4.39 Å². The van der Waals surface area contributed by atoms with E-state index in [0.717, 1.165) is 58.4 Å². The van der Waals surface area contributed by atoms with Crippen LogP contribution in [0.15, 0.2) is 24.3 Å². The molecular formula is C23H35FN4O2. The van der Waals surface area contributed by atoms with Crippen molar-refractivity contribution in [3.63, 3.8) is 0 Å². The van der Waals surface area contributed by atoms with Gasteiger partial charge in [-0.05, 0) is 63.4 Å². The zero-order chi connectivity index (χ0) is 21.3. The quantitative estimate of drug-likeness (QED) is 0.676. The molecule has 2 aliphatic heterocycles. The van der Waals surface area contributed by atoms with E-state index in [9.17, 15) is 14.0 Å². The first-order valence-corrected chi connectivity index (χ1v) is 11.3. The number of benzene rings is 1. The summed E-state index contributed by atoms with van der Waals surface area (Å²) in [5.41, 5.74) is 0.624. The Bertz CT molecular complexity index is 698. The van der Waals surface area contributed by atoms with Crippen LogP contribution in [0.5, 0.6) is 0 Å². The normalized spacial score (nSPS) is 19.5. The summed E-state index contributed by atoms with van der Waals surface area (Å²) in [5.74, 6) is -0.117. The fourth-order valence-electron chi connectivity index (χ4n) is 4.39. The zero-order valence-corrected chi connectivity index (χ0v) is 18.0. The van der Waals surface area contributed by atoms with Crippen molar-refractivity contribution in [1.29, 1.82) is 0 Å². The van der Waals surface area contributed by atoms with E-state index in [1.54, 1.807) is 18.2 Å². The molecule has 0 atom stereocenters. The molecule has 2 fully saturated rings. The molecule has 166 valence electrons. The second-order valence-electron chi connectivity index (χ2n) is 8.46. The average molecular weight is 419 g/mol. The van der Waals surface area contributed by atoms with Gasteiger partial charge in [-0.2, -0.15) is 0 Å². The van der Waals surface area contributed by atoms with E-state index in [4.69, 9.17) is 0 Å². The standard InChI is InChI=1S/C23H35FN4O2/c1-2-27-15-10-20(11-16-27)26-22(29)17-28-13-8-19(9-14-28)23(30)25-12-7-18-5-3-4-6-21(18)24/h3-6,19-20H,2,7-17H2,1H3,(H,25,30)(H,26,29). The van der Waals surface area contributed by atoms with Gasteiger partial charge in [-0.25, -0.2) is 4.39 Å². The molecule has 0 aromatic heterocycles. The van der Waals surface area contributed by atoms with E-state index in [2.05, 4.69) is 27.4 Å². The van der Waals surface area contributed by atoms with Gasteiger partial charge in [0.25, 0.3) is 0 Å². The summed E-state index contributed by atoms with van der Waals surface area (Å²) in [6.45, 7) is 7.73. The molecule has 2 amide bonds. The van der Waals surface area contributed by atoms with Gasteiger partial charge in [0.1, 0.15) is 5.82 Å². The Kier molecular flexibility index (Phi) is 8.63. The maximum Gasteiger partial charge on any atom is 0.234 e. The first kappa shape index (κ1) is 22.7. The molecule has 3 rings (SSSR count). The van der Waals surface area contributed by atoms with Crippen LogP contribution in [0.25, 0.3) is 0 Å². The first-order chi connectivity index (χ1) is 14.5. The first-order valence-electron chi connectivity index (χ1n) is 11.3. The van der Waals surface area contributed by atoms with E-state index >= 15 is 0 Å². The minimum absolute atomic E-state index is 0.0247. The highest BCUT2D eigenvalue weighted by Gasteiger charge is 2.26. The third-order valence-corrected chi connectivity index (χ3v) is 6.38. The lowest BCUT2D eigenvalue weighted by Gasteiger charge is -2.33. The summed E-state index contributed by atoms with van der Waals surface area (Å²) in [4.78, 5) is 29.3. The minimum atomic E-state index is -0.228. The maximum absolute atomic E-state index is 13.6. The van der Waals surface area contributed by atoms with Crippen molar-refractivity contribution >= 4 is 11.8 Å². The molecule has 2 aliphatic rings. The Morgan fingerprint density at radius 2 is 1.70 bits per heavy atom. The van der Waals surface area contributed by atoms with Crippen molar-refractivity contribution in [2.45, 2.75) is 45.1 Å². The summed E-state index contributed by atoms with van der Waals surface area (Å²) in [6, 6.07) is 6.95. The van der Waals surface area contributed by atoms with Gasteiger partial charge in [-0.3, -0.25) is 14.5 Å². The fourth-order valence-corrected chi connectivity index (χ4v) is 4.39. The van der Waals surface area contributed by atoms with Crippen molar-refractivity contribution < 1.29 is 14.0 Å². The second-order valence-corrected chi connectivity index (χ2v) is 8.46. The van der Waals surface area contributed by atoms with Crippen LogP contribution in [-0.2, 0) is 16.0 Å². The molecule has 2 saturated heterocycles. The van der Waals surface area contributed by atoms with Crippen LogP contribution in [0.1, 0.15) is 38.2 Å². The molecule has 6 nitrogen and oxygen atoms in total. The molecule has 1 aromatic rings. The van der Waals surface area contributed by atoms with Gasteiger partial charge in [0, 0.05) is 31.6 Å². The van der Waals surface area contributed by atoms with Crippen LogP contribution in [0, 0.1) is 11.7 Å². The van der Waals surface area contributed by atoms with Crippen LogP contribution in [0.2, 0.25) is 0 Å². The molecule has 1 aromatic carbocycles. The van der Waals surface area contributed by atoms with Gasteiger partial charge in [-0.1, -0.05) is 25.1 Å². The van der Waals surface area contributed by atoms with E-state index in [1.165, 1.54) is 6.07 Å². The van der Waals surface area contributed by atoms with E-state index in [1.807, 2.05) is 0 Å². The molecule has 2 N–H and O–H groups in total. The minimum Gasteiger partial charge on any atom is -0.356 e. The highest BCUT2D eigenvalue weighted by Crippen LogP contribution is 2.17. The van der Waals surface area contributed by atoms with Crippen LogP contribution in [-0.4, -0.2) is 73.5 Å². The predicted octanol–water partition coefficient (Wildman–Crippen LogP) is 1.80. The monoisotopic (exact) mass is 418 g/mol. The number of nitrogens with one attached hydrogen (secondary N) is 2. The third kappa shape index (κ3) is 6.77. The number of carbonyl (C=O) groups excluding carboxylic acids is 2. The highest BCUT2D eigenvalue weighted by atomic mass is 19.1. The number of halogens is 1. The average Bonchev–Trinajstić information content (AvgIpc) is 2.76. The molecule has 7 heteroatoms. The fraction of sp³-hybridized carbons (Fsp3) is 0.652. The number of piperidine rings is 2.